The number of nitrogens with zero attached hydrogens (tertiary/aromatic N) is 2. The van der Waals surface area contributed by atoms with Gasteiger partial charge in [0.2, 0.25) is 0 Å². The van der Waals surface area contributed by atoms with Gasteiger partial charge >= 0.3 is 6.55 Å². The van der Waals surface area contributed by atoms with Crippen LogP contribution in [0, 0.1) is 0 Å². The van der Waals surface area contributed by atoms with E-state index in [1.165, 1.54) is 0 Å². The summed E-state index contributed by atoms with van der Waals surface area (Å²) in [4.78, 5) is 4.01. The number of hydrogen-bond acceptors (Lipinski definition) is 2. The molecule has 14 heavy (non-hydrogen) atoms. The molecule has 0 unspecified atom stereocenters. The smallest absolute Gasteiger partial charge is 0.320 e. The lowest BCUT2D eigenvalue weighted by atomic mass is 10.3. The van der Waals surface area contributed by atoms with Crippen molar-refractivity contribution < 1.29 is 8.78 Å². The van der Waals surface area contributed by atoms with E-state index < -0.39 is 6.55 Å². The number of rotatable bonds is 2. The van der Waals surface area contributed by atoms with E-state index in [0.29, 0.717) is 11.0 Å². The Balaban J connectivity index is 2.74. The fourth-order valence-electron chi connectivity index (χ4n) is 1.46. The molecule has 0 bridgehead atoms. The summed E-state index contributed by atoms with van der Waals surface area (Å²) < 4.78 is 26.1. The van der Waals surface area contributed by atoms with E-state index in [-0.39, 0.29) is 12.4 Å². The van der Waals surface area contributed by atoms with Crippen LogP contribution in [0.25, 0.3) is 11.0 Å². The maximum Gasteiger partial charge on any atom is 0.320 e. The maximum absolute atomic E-state index is 12.6. The van der Waals surface area contributed by atoms with Gasteiger partial charge in [0.25, 0.3) is 0 Å². The van der Waals surface area contributed by atoms with Gasteiger partial charge in [-0.2, -0.15) is 8.78 Å². The standard InChI is InChI=1S/C9H9F2N3/c10-9(11)14-7-4-2-1-3-6(7)13-8(14)5-12/h1-4,9H,5,12H2. The molecule has 1 heterocycles. The van der Waals surface area contributed by atoms with Crippen LogP contribution < -0.4 is 5.73 Å². The molecular formula is C9H9F2N3. The van der Waals surface area contributed by atoms with E-state index in [1.54, 1.807) is 24.3 Å². The van der Waals surface area contributed by atoms with Crippen molar-refractivity contribution in [3.8, 4) is 0 Å². The monoisotopic (exact) mass is 197 g/mol. The molecule has 3 nitrogen and oxygen atoms in total. The fraction of sp³-hybridized carbons (Fsp3) is 0.222. The molecule has 1 aromatic carbocycles. The number of halogens is 2. The summed E-state index contributed by atoms with van der Waals surface area (Å²) in [6.45, 7) is -2.58. The number of fused-ring (bicyclic) bond motifs is 1. The molecule has 0 aliphatic carbocycles. The molecule has 2 rings (SSSR count). The third-order valence-corrected chi connectivity index (χ3v) is 2.05. The zero-order valence-corrected chi connectivity index (χ0v) is 7.32. The van der Waals surface area contributed by atoms with Gasteiger partial charge in [0.15, 0.2) is 0 Å². The van der Waals surface area contributed by atoms with Gasteiger partial charge in [0.05, 0.1) is 17.6 Å². The molecule has 0 aliphatic heterocycles. The Bertz CT molecular complexity index is 450. The molecule has 0 spiro atoms. The molecule has 1 aromatic heterocycles. The highest BCUT2D eigenvalue weighted by Gasteiger charge is 2.15. The van der Waals surface area contributed by atoms with Crippen LogP contribution in [0.4, 0.5) is 8.78 Å². The molecule has 0 fully saturated rings. The first kappa shape index (κ1) is 9.08. The minimum absolute atomic E-state index is 0.0129. The van der Waals surface area contributed by atoms with Crippen LogP contribution in [-0.4, -0.2) is 9.55 Å². The second kappa shape index (κ2) is 3.34. The van der Waals surface area contributed by atoms with Crippen LogP contribution in [0.15, 0.2) is 24.3 Å². The van der Waals surface area contributed by atoms with Crippen LogP contribution in [0.2, 0.25) is 0 Å². The van der Waals surface area contributed by atoms with Crippen LogP contribution in [0.3, 0.4) is 0 Å². The molecule has 2 aromatic rings. The third-order valence-electron chi connectivity index (χ3n) is 2.05. The van der Waals surface area contributed by atoms with E-state index >= 15 is 0 Å². The van der Waals surface area contributed by atoms with Crippen molar-refractivity contribution in [2.75, 3.05) is 0 Å². The number of hydrogen-bond donors (Lipinski definition) is 1. The lowest BCUT2D eigenvalue weighted by Crippen LogP contribution is -2.08. The highest BCUT2D eigenvalue weighted by Crippen LogP contribution is 2.22. The van der Waals surface area contributed by atoms with E-state index in [9.17, 15) is 8.78 Å². The third kappa shape index (κ3) is 1.26. The molecular weight excluding hydrogens is 188 g/mol. The van der Waals surface area contributed by atoms with Crippen molar-refractivity contribution in [2.24, 2.45) is 5.73 Å². The number of imidazole rings is 1. The largest absolute Gasteiger partial charge is 0.324 e. The summed E-state index contributed by atoms with van der Waals surface area (Å²) in [5.74, 6) is 0.209. The number of benzene rings is 1. The Morgan fingerprint density at radius 3 is 2.71 bits per heavy atom. The first-order valence-electron chi connectivity index (χ1n) is 4.18. The first-order valence-corrected chi connectivity index (χ1v) is 4.18. The topological polar surface area (TPSA) is 43.8 Å². The molecule has 5 heteroatoms. The summed E-state index contributed by atoms with van der Waals surface area (Å²) in [7, 11) is 0. The van der Waals surface area contributed by atoms with E-state index in [1.807, 2.05) is 0 Å². The van der Waals surface area contributed by atoms with Gasteiger partial charge in [0, 0.05) is 0 Å². The number of aromatic nitrogens is 2. The van der Waals surface area contributed by atoms with Crippen molar-refractivity contribution in [3.63, 3.8) is 0 Å². The highest BCUT2D eigenvalue weighted by molar-refractivity contribution is 5.75. The van der Waals surface area contributed by atoms with Crippen LogP contribution in [0.1, 0.15) is 12.4 Å². The van der Waals surface area contributed by atoms with Crippen molar-refractivity contribution in [1.82, 2.24) is 9.55 Å². The zero-order valence-electron chi connectivity index (χ0n) is 7.32. The van der Waals surface area contributed by atoms with Crippen molar-refractivity contribution >= 4 is 11.0 Å². The first-order chi connectivity index (χ1) is 6.74. The lowest BCUT2D eigenvalue weighted by molar-refractivity contribution is 0.0715. The van der Waals surface area contributed by atoms with Crippen molar-refractivity contribution in [1.29, 1.82) is 0 Å². The molecule has 2 N–H and O–H groups in total. The summed E-state index contributed by atoms with van der Waals surface area (Å²) in [6, 6.07) is 6.75. The van der Waals surface area contributed by atoms with E-state index in [0.717, 1.165) is 4.57 Å². The Labute approximate surface area is 79.2 Å². The van der Waals surface area contributed by atoms with Crippen LogP contribution >= 0.6 is 0 Å². The van der Waals surface area contributed by atoms with Gasteiger partial charge in [-0.15, -0.1) is 0 Å². The quantitative estimate of drug-likeness (QED) is 0.798. The number of alkyl halides is 2. The molecule has 0 saturated heterocycles. The second-order valence-electron chi connectivity index (χ2n) is 2.87. The van der Waals surface area contributed by atoms with Gasteiger partial charge in [-0.25, -0.2) is 4.98 Å². The maximum atomic E-state index is 12.6. The Morgan fingerprint density at radius 1 is 1.36 bits per heavy atom. The van der Waals surface area contributed by atoms with Crippen molar-refractivity contribution in [3.05, 3.63) is 30.1 Å². The minimum atomic E-state index is -2.60. The average Bonchev–Trinajstić information content (AvgIpc) is 2.55. The molecule has 0 saturated carbocycles. The van der Waals surface area contributed by atoms with Crippen LogP contribution in [0.5, 0.6) is 0 Å². The molecule has 0 aliphatic rings. The SMILES string of the molecule is NCc1nc2ccccc2n1C(F)F. The minimum Gasteiger partial charge on any atom is -0.324 e. The van der Waals surface area contributed by atoms with E-state index in [2.05, 4.69) is 4.98 Å². The average molecular weight is 197 g/mol. The molecule has 0 atom stereocenters. The fourth-order valence-corrected chi connectivity index (χ4v) is 1.46. The van der Waals surface area contributed by atoms with E-state index in [4.69, 9.17) is 5.73 Å². The summed E-state index contributed by atoms with van der Waals surface area (Å²) in [5.41, 5.74) is 6.30. The number of para-hydroxylation sites is 2. The molecule has 74 valence electrons. The molecule has 0 radical (unpaired) electrons. The van der Waals surface area contributed by atoms with Gasteiger partial charge in [-0.05, 0) is 12.1 Å². The second-order valence-corrected chi connectivity index (χ2v) is 2.87. The van der Waals surface area contributed by atoms with Gasteiger partial charge in [-0.1, -0.05) is 12.1 Å². The summed E-state index contributed by atoms with van der Waals surface area (Å²) in [5, 5.41) is 0. The normalized spacial score (nSPS) is 11.4. The predicted molar refractivity (Wildman–Crippen MR) is 48.9 cm³/mol. The van der Waals surface area contributed by atoms with Crippen molar-refractivity contribution in [2.45, 2.75) is 13.1 Å². The van der Waals surface area contributed by atoms with Gasteiger partial charge in [0.1, 0.15) is 5.82 Å². The summed E-state index contributed by atoms with van der Waals surface area (Å²) in [6.07, 6.45) is 0. The number of nitrogens with two attached hydrogens (primary N) is 1. The Kier molecular flexibility index (Phi) is 2.17. The molecule has 0 amide bonds. The summed E-state index contributed by atoms with van der Waals surface area (Å²) >= 11 is 0. The zero-order chi connectivity index (χ0) is 10.1. The van der Waals surface area contributed by atoms with Gasteiger partial charge in [-0.3, -0.25) is 4.57 Å². The van der Waals surface area contributed by atoms with Crippen LogP contribution in [-0.2, 0) is 6.54 Å². The van der Waals surface area contributed by atoms with Gasteiger partial charge < -0.3 is 5.73 Å². The lowest BCUT2D eigenvalue weighted by Gasteiger charge is -2.04. The predicted octanol–water partition coefficient (Wildman–Crippen LogP) is 1.89. The Morgan fingerprint density at radius 2 is 2.07 bits per heavy atom. The Hall–Kier alpha value is -1.49. The highest BCUT2D eigenvalue weighted by atomic mass is 19.3.